The zero-order valence-corrected chi connectivity index (χ0v) is 15.1. The molecule has 3 aromatic carbocycles. The first kappa shape index (κ1) is 15.2. The van der Waals surface area contributed by atoms with Crippen LogP contribution in [-0.4, -0.2) is 9.97 Å². The number of benzene rings is 3. The monoisotopic (exact) mass is 352 g/mol. The van der Waals surface area contributed by atoms with E-state index in [1.165, 1.54) is 25.7 Å². The van der Waals surface area contributed by atoms with Gasteiger partial charge in [-0.05, 0) is 25.1 Å². The summed E-state index contributed by atoms with van der Waals surface area (Å²) in [7, 11) is 0. The van der Waals surface area contributed by atoms with Gasteiger partial charge in [-0.2, -0.15) is 0 Å². The van der Waals surface area contributed by atoms with E-state index in [1.54, 1.807) is 0 Å². The Kier molecular flexibility index (Phi) is 3.54. The van der Waals surface area contributed by atoms with Crippen molar-refractivity contribution in [1.82, 2.24) is 9.97 Å². The molecule has 2 nitrogen and oxygen atoms in total. The summed E-state index contributed by atoms with van der Waals surface area (Å²) in [6, 6.07) is 27.3. The Morgan fingerprint density at radius 1 is 0.731 bits per heavy atom. The number of aromatic nitrogens is 2. The average molecular weight is 352 g/mol. The van der Waals surface area contributed by atoms with Gasteiger partial charge in [0.15, 0.2) is 5.82 Å². The van der Waals surface area contributed by atoms with Gasteiger partial charge in [0, 0.05) is 37.0 Å². The second kappa shape index (κ2) is 6.04. The predicted octanol–water partition coefficient (Wildman–Crippen LogP) is 6.49. The van der Waals surface area contributed by atoms with Crippen molar-refractivity contribution in [2.75, 3.05) is 0 Å². The third kappa shape index (κ3) is 2.49. The average Bonchev–Trinajstić information content (AvgIpc) is 3.07. The molecule has 0 saturated carbocycles. The summed E-state index contributed by atoms with van der Waals surface area (Å²) in [4.78, 5) is 9.56. The molecule has 0 radical (unpaired) electrons. The highest BCUT2D eigenvalue weighted by molar-refractivity contribution is 7.25. The van der Waals surface area contributed by atoms with Gasteiger partial charge in [0.2, 0.25) is 0 Å². The Labute approximate surface area is 155 Å². The van der Waals surface area contributed by atoms with Gasteiger partial charge in [0.25, 0.3) is 0 Å². The van der Waals surface area contributed by atoms with E-state index in [-0.39, 0.29) is 0 Å². The molecule has 5 rings (SSSR count). The van der Waals surface area contributed by atoms with Crippen LogP contribution in [0.3, 0.4) is 0 Å². The van der Waals surface area contributed by atoms with E-state index in [9.17, 15) is 0 Å². The van der Waals surface area contributed by atoms with Gasteiger partial charge in [-0.25, -0.2) is 9.97 Å². The first-order valence-electron chi connectivity index (χ1n) is 8.61. The minimum absolute atomic E-state index is 0.775. The van der Waals surface area contributed by atoms with Gasteiger partial charge in [-0.3, -0.25) is 0 Å². The molecule has 26 heavy (non-hydrogen) atoms. The summed E-state index contributed by atoms with van der Waals surface area (Å²) >= 11 is 1.83. The van der Waals surface area contributed by atoms with Crippen LogP contribution < -0.4 is 0 Å². The van der Waals surface area contributed by atoms with Gasteiger partial charge >= 0.3 is 0 Å². The number of fused-ring (bicyclic) bond motifs is 3. The lowest BCUT2D eigenvalue weighted by atomic mass is 10.0. The van der Waals surface area contributed by atoms with Gasteiger partial charge in [0.1, 0.15) is 0 Å². The number of nitrogens with zero attached hydrogens (tertiary/aromatic N) is 2. The first-order chi connectivity index (χ1) is 12.8. The third-order valence-corrected chi connectivity index (χ3v) is 5.70. The zero-order chi connectivity index (χ0) is 17.5. The largest absolute Gasteiger partial charge is 0.233 e. The number of thiophene rings is 1. The topological polar surface area (TPSA) is 25.8 Å². The molecular weight excluding hydrogens is 336 g/mol. The fourth-order valence-corrected chi connectivity index (χ4v) is 4.54. The van der Waals surface area contributed by atoms with E-state index in [4.69, 9.17) is 4.98 Å². The van der Waals surface area contributed by atoms with Crippen LogP contribution in [0.15, 0.2) is 78.9 Å². The molecule has 0 aliphatic heterocycles. The Morgan fingerprint density at radius 2 is 1.50 bits per heavy atom. The van der Waals surface area contributed by atoms with Crippen LogP contribution >= 0.6 is 11.3 Å². The molecule has 0 fully saturated rings. The second-order valence-electron chi connectivity index (χ2n) is 6.36. The lowest BCUT2D eigenvalue weighted by Gasteiger charge is -2.08. The Hall–Kier alpha value is -3.04. The number of hydrogen-bond acceptors (Lipinski definition) is 3. The molecule has 0 unspecified atom stereocenters. The smallest absolute Gasteiger partial charge is 0.160 e. The van der Waals surface area contributed by atoms with Gasteiger partial charge < -0.3 is 0 Å². The maximum atomic E-state index is 4.90. The molecule has 0 aliphatic rings. The van der Waals surface area contributed by atoms with Crippen molar-refractivity contribution in [3.63, 3.8) is 0 Å². The summed E-state index contributed by atoms with van der Waals surface area (Å²) < 4.78 is 2.60. The molecular formula is C23H16N2S. The van der Waals surface area contributed by atoms with Crippen molar-refractivity contribution in [1.29, 1.82) is 0 Å². The first-order valence-corrected chi connectivity index (χ1v) is 9.43. The quantitative estimate of drug-likeness (QED) is 0.363. The molecule has 124 valence electrons. The van der Waals surface area contributed by atoms with Crippen molar-refractivity contribution in [2.24, 2.45) is 0 Å². The van der Waals surface area contributed by atoms with Crippen molar-refractivity contribution < 1.29 is 0 Å². The maximum absolute atomic E-state index is 4.90. The van der Waals surface area contributed by atoms with Gasteiger partial charge in [-0.1, -0.05) is 60.7 Å². The SMILES string of the molecule is Cc1cc(-c2cccc3sc4ccccc4c23)nc(-c2ccccc2)n1. The minimum Gasteiger partial charge on any atom is -0.233 e. The molecule has 3 heteroatoms. The molecule has 5 aromatic rings. The highest BCUT2D eigenvalue weighted by Crippen LogP contribution is 2.39. The molecule has 2 heterocycles. The lowest BCUT2D eigenvalue weighted by Crippen LogP contribution is -1.95. The van der Waals surface area contributed by atoms with E-state index in [2.05, 4.69) is 65.6 Å². The van der Waals surface area contributed by atoms with Crippen LogP contribution in [0.1, 0.15) is 5.69 Å². The highest BCUT2D eigenvalue weighted by atomic mass is 32.1. The van der Waals surface area contributed by atoms with Crippen LogP contribution in [0.5, 0.6) is 0 Å². The number of aryl methyl sites for hydroxylation is 1. The van der Waals surface area contributed by atoms with E-state index in [0.717, 1.165) is 22.8 Å². The van der Waals surface area contributed by atoms with E-state index in [1.807, 2.05) is 36.5 Å². The normalized spacial score (nSPS) is 11.3. The Balaban J connectivity index is 1.80. The molecule has 0 saturated heterocycles. The lowest BCUT2D eigenvalue weighted by molar-refractivity contribution is 1.12. The molecule has 0 aliphatic carbocycles. The molecule has 0 N–H and O–H groups in total. The Morgan fingerprint density at radius 3 is 2.38 bits per heavy atom. The van der Waals surface area contributed by atoms with Crippen LogP contribution in [0.4, 0.5) is 0 Å². The molecule has 2 aromatic heterocycles. The van der Waals surface area contributed by atoms with Crippen molar-refractivity contribution in [3.8, 4) is 22.6 Å². The predicted molar refractivity (Wildman–Crippen MR) is 111 cm³/mol. The maximum Gasteiger partial charge on any atom is 0.160 e. The van der Waals surface area contributed by atoms with Crippen molar-refractivity contribution >= 4 is 31.5 Å². The fraction of sp³-hybridized carbons (Fsp3) is 0.0435. The molecule has 0 atom stereocenters. The number of rotatable bonds is 2. The Bertz CT molecular complexity index is 1240. The summed E-state index contributed by atoms with van der Waals surface area (Å²) in [6.45, 7) is 2.03. The van der Waals surface area contributed by atoms with E-state index < -0.39 is 0 Å². The third-order valence-electron chi connectivity index (χ3n) is 4.56. The van der Waals surface area contributed by atoms with E-state index in [0.29, 0.717) is 0 Å². The summed E-state index contributed by atoms with van der Waals surface area (Å²) in [5.41, 5.74) is 4.17. The molecule has 0 amide bonds. The molecule has 0 spiro atoms. The van der Waals surface area contributed by atoms with Gasteiger partial charge in [-0.15, -0.1) is 11.3 Å². The van der Waals surface area contributed by atoms with Crippen molar-refractivity contribution in [2.45, 2.75) is 6.92 Å². The number of hydrogen-bond donors (Lipinski definition) is 0. The van der Waals surface area contributed by atoms with Crippen molar-refractivity contribution in [3.05, 3.63) is 84.6 Å². The van der Waals surface area contributed by atoms with Crippen LogP contribution in [-0.2, 0) is 0 Å². The summed E-state index contributed by atoms with van der Waals surface area (Å²) in [5.74, 6) is 0.775. The van der Waals surface area contributed by atoms with Crippen LogP contribution in [0, 0.1) is 6.92 Å². The van der Waals surface area contributed by atoms with E-state index >= 15 is 0 Å². The standard InChI is InChI=1S/C23H16N2S/c1-15-14-19(25-23(24-15)16-8-3-2-4-9-16)17-11-7-13-21-22(17)18-10-5-6-12-20(18)26-21/h2-14H,1H3. The highest BCUT2D eigenvalue weighted by Gasteiger charge is 2.13. The summed E-state index contributed by atoms with van der Waals surface area (Å²) in [6.07, 6.45) is 0. The summed E-state index contributed by atoms with van der Waals surface area (Å²) in [5, 5.41) is 2.57. The fourth-order valence-electron chi connectivity index (χ4n) is 3.41. The second-order valence-corrected chi connectivity index (χ2v) is 7.44. The van der Waals surface area contributed by atoms with Gasteiger partial charge in [0.05, 0.1) is 5.69 Å². The minimum atomic E-state index is 0.775. The van der Waals surface area contributed by atoms with Crippen LogP contribution in [0.25, 0.3) is 42.8 Å². The molecule has 0 bridgehead atoms. The van der Waals surface area contributed by atoms with Crippen LogP contribution in [0.2, 0.25) is 0 Å². The zero-order valence-electron chi connectivity index (χ0n) is 14.3.